The van der Waals surface area contributed by atoms with Crippen LogP contribution in [0, 0.1) is 5.92 Å². The maximum atomic E-state index is 12.2. The summed E-state index contributed by atoms with van der Waals surface area (Å²) in [5, 5.41) is -7.11. The summed E-state index contributed by atoms with van der Waals surface area (Å²) in [5.41, 5.74) is 0. The van der Waals surface area contributed by atoms with Gasteiger partial charge >= 0.3 is 23.3 Å². The van der Waals surface area contributed by atoms with Crippen molar-refractivity contribution in [1.29, 1.82) is 0 Å². The van der Waals surface area contributed by atoms with Crippen LogP contribution < -0.4 is 0 Å². The molecule has 1 saturated heterocycles. The first-order valence-electron chi connectivity index (χ1n) is 9.18. The van der Waals surface area contributed by atoms with Crippen molar-refractivity contribution >= 4 is 26.8 Å². The minimum atomic E-state index is -7.43. The van der Waals surface area contributed by atoms with Gasteiger partial charge in [0.1, 0.15) is 11.5 Å². The Kier molecular flexibility index (Phi) is 9.19. The van der Waals surface area contributed by atoms with Crippen LogP contribution >= 0.6 is 0 Å². The van der Waals surface area contributed by atoms with Gasteiger partial charge in [-0.3, -0.25) is 4.79 Å². The Balaban J connectivity index is 0.000000314. The molecule has 1 aliphatic carbocycles. The maximum Gasteiger partial charge on any atom is 0.460 e. The van der Waals surface area contributed by atoms with Crippen LogP contribution in [0.4, 0.5) is 39.5 Å². The molecule has 1 heterocycles. The van der Waals surface area contributed by atoms with Gasteiger partial charge in [0.25, 0.3) is 0 Å². The van der Waals surface area contributed by atoms with E-state index in [2.05, 4.69) is 0 Å². The number of ketones is 1. The van der Waals surface area contributed by atoms with Crippen LogP contribution in [0.1, 0.15) is 44.9 Å². The summed E-state index contributed by atoms with van der Waals surface area (Å²) < 4.78 is 135. The largest absolute Gasteiger partial charge is 0.743 e. The topological polar surface area (TPSA) is 74.3 Å². The summed E-state index contributed by atoms with van der Waals surface area (Å²) in [6.45, 7) is 0. The van der Waals surface area contributed by atoms with Crippen LogP contribution in [0.5, 0.6) is 0 Å². The fourth-order valence-corrected chi connectivity index (χ4v) is 5.92. The zero-order chi connectivity index (χ0) is 24.3. The monoisotopic (exact) mass is 512 g/mol. The Morgan fingerprint density at radius 3 is 1.65 bits per heavy atom. The summed E-state index contributed by atoms with van der Waals surface area (Å²) in [6, 6.07) is 0. The third kappa shape index (κ3) is 6.42. The molecule has 0 atom stereocenters. The van der Waals surface area contributed by atoms with E-state index in [1.807, 2.05) is 0 Å². The standard InChI is InChI=1S/C12H21OS.C4HF9O3S/c13-12(10-14-8-4-5-9-14)11-6-2-1-3-7-11;5-1(6,3(9,10)11)2(7,8)4(12,13)17(14,15)16/h11H,1-10H2;(H,14,15,16)/q+1;/p-1. The lowest BCUT2D eigenvalue weighted by Gasteiger charge is -2.34. The highest BCUT2D eigenvalue weighted by atomic mass is 32.2. The zero-order valence-electron chi connectivity index (χ0n) is 16.0. The van der Waals surface area contributed by atoms with E-state index in [4.69, 9.17) is 0 Å². The van der Waals surface area contributed by atoms with Crippen molar-refractivity contribution in [2.45, 2.75) is 68.2 Å². The molecule has 0 aromatic carbocycles. The molecule has 0 N–H and O–H groups in total. The summed E-state index contributed by atoms with van der Waals surface area (Å²) in [5.74, 6) is -10.1. The SMILES string of the molecule is O=C(C[S+]1CCCC1)C1CCCCC1.O=S(=O)([O-])C(F)(F)C(F)(F)C(F)(F)C(F)(F)F. The van der Waals surface area contributed by atoms with Gasteiger partial charge < -0.3 is 4.55 Å². The van der Waals surface area contributed by atoms with E-state index in [-0.39, 0.29) is 0 Å². The molecule has 0 aromatic heterocycles. The molecule has 2 rings (SSSR count). The molecular weight excluding hydrogens is 491 g/mol. The second-order valence-corrected chi connectivity index (χ2v) is 11.0. The molecule has 0 unspecified atom stereocenters. The Labute approximate surface area is 176 Å². The molecule has 1 aliphatic heterocycles. The Morgan fingerprint density at radius 2 is 1.26 bits per heavy atom. The van der Waals surface area contributed by atoms with Gasteiger partial charge in [0.05, 0.1) is 0 Å². The molecule has 4 nitrogen and oxygen atoms in total. The average molecular weight is 512 g/mol. The van der Waals surface area contributed by atoms with E-state index < -0.39 is 33.4 Å². The smallest absolute Gasteiger partial charge is 0.460 e. The van der Waals surface area contributed by atoms with E-state index in [0.717, 1.165) is 5.75 Å². The molecule has 31 heavy (non-hydrogen) atoms. The van der Waals surface area contributed by atoms with Gasteiger partial charge in [-0.15, -0.1) is 0 Å². The van der Waals surface area contributed by atoms with Crippen molar-refractivity contribution in [2.75, 3.05) is 17.3 Å². The predicted molar refractivity (Wildman–Crippen MR) is 93.4 cm³/mol. The molecular formula is C16H21F9O4S2. The third-order valence-electron chi connectivity index (χ3n) is 4.95. The molecule has 1 saturated carbocycles. The summed E-state index contributed by atoms with van der Waals surface area (Å²) in [6.07, 6.45) is 1.92. The molecule has 0 radical (unpaired) electrons. The maximum absolute atomic E-state index is 12.2. The van der Waals surface area contributed by atoms with Crippen LogP contribution in [-0.4, -0.2) is 59.3 Å². The number of Topliss-reactive ketones (excluding diaryl/α,β-unsaturated/α-hetero) is 1. The molecule has 184 valence electrons. The van der Waals surface area contributed by atoms with E-state index >= 15 is 0 Å². The Hall–Kier alpha value is -0.700. The van der Waals surface area contributed by atoms with Crippen LogP contribution in [0.25, 0.3) is 0 Å². The van der Waals surface area contributed by atoms with E-state index in [0.29, 0.717) is 22.6 Å². The molecule has 0 aromatic rings. The lowest BCUT2D eigenvalue weighted by Crippen LogP contribution is -2.63. The molecule has 0 spiro atoms. The zero-order valence-corrected chi connectivity index (χ0v) is 17.6. The average Bonchev–Trinajstić information content (AvgIpc) is 3.13. The van der Waals surface area contributed by atoms with E-state index in [1.165, 1.54) is 56.5 Å². The number of hydrogen-bond acceptors (Lipinski definition) is 4. The highest BCUT2D eigenvalue weighted by Crippen LogP contribution is 2.54. The number of carbonyl (C=O) groups is 1. The first-order valence-corrected chi connectivity index (χ1v) is 12.3. The first-order chi connectivity index (χ1) is 13.9. The van der Waals surface area contributed by atoms with Crippen molar-refractivity contribution in [3.05, 3.63) is 0 Å². The second kappa shape index (κ2) is 10.1. The number of carbonyl (C=O) groups excluding carboxylic acids is 1. The minimum absolute atomic E-state index is 0.455. The van der Waals surface area contributed by atoms with E-state index in [1.54, 1.807) is 0 Å². The van der Waals surface area contributed by atoms with Gasteiger partial charge in [0, 0.05) is 5.92 Å². The summed E-state index contributed by atoms with van der Waals surface area (Å²) in [4.78, 5) is 12.0. The molecule has 0 amide bonds. The predicted octanol–water partition coefficient (Wildman–Crippen LogP) is 4.51. The van der Waals surface area contributed by atoms with Crippen LogP contribution in [0.3, 0.4) is 0 Å². The van der Waals surface area contributed by atoms with Crippen molar-refractivity contribution in [2.24, 2.45) is 5.92 Å². The van der Waals surface area contributed by atoms with Gasteiger partial charge in [-0.05, 0) is 36.6 Å². The van der Waals surface area contributed by atoms with Crippen molar-refractivity contribution in [3.8, 4) is 0 Å². The van der Waals surface area contributed by atoms with Gasteiger partial charge in [-0.1, -0.05) is 19.3 Å². The summed E-state index contributed by atoms with van der Waals surface area (Å²) in [7, 11) is -6.93. The highest BCUT2D eigenvalue weighted by molar-refractivity contribution is 7.97. The fourth-order valence-electron chi connectivity index (χ4n) is 3.12. The van der Waals surface area contributed by atoms with Crippen LogP contribution in [-0.2, 0) is 25.8 Å². The van der Waals surface area contributed by atoms with Gasteiger partial charge in [-0.25, -0.2) is 8.42 Å². The molecule has 2 fully saturated rings. The number of halogens is 9. The lowest BCUT2D eigenvalue weighted by molar-refractivity contribution is -0.382. The van der Waals surface area contributed by atoms with Crippen molar-refractivity contribution in [1.82, 2.24) is 0 Å². The van der Waals surface area contributed by atoms with Gasteiger partial charge in [0.2, 0.25) is 0 Å². The number of rotatable bonds is 6. The second-order valence-electron chi connectivity index (χ2n) is 7.29. The normalized spacial score (nSPS) is 20.3. The lowest BCUT2D eigenvalue weighted by atomic mass is 9.87. The summed E-state index contributed by atoms with van der Waals surface area (Å²) >= 11 is 0. The molecule has 15 heteroatoms. The number of hydrogen-bond donors (Lipinski definition) is 0. The Morgan fingerprint density at radius 1 is 0.806 bits per heavy atom. The first kappa shape index (κ1) is 28.3. The number of alkyl halides is 9. The van der Waals surface area contributed by atoms with Crippen molar-refractivity contribution in [3.63, 3.8) is 0 Å². The Bertz CT molecular complexity index is 711. The molecule has 2 aliphatic rings. The van der Waals surface area contributed by atoms with Crippen LogP contribution in [0.15, 0.2) is 0 Å². The van der Waals surface area contributed by atoms with Gasteiger partial charge in [-0.2, -0.15) is 39.5 Å². The van der Waals surface area contributed by atoms with E-state index in [9.17, 15) is 57.3 Å². The quantitative estimate of drug-likeness (QED) is 0.298. The fraction of sp³-hybridized carbons (Fsp3) is 0.938. The highest BCUT2D eigenvalue weighted by Gasteiger charge is 2.83. The van der Waals surface area contributed by atoms with Crippen molar-refractivity contribution < 1.29 is 57.3 Å². The van der Waals surface area contributed by atoms with Gasteiger partial charge in [0.15, 0.2) is 21.7 Å². The molecule has 0 bridgehead atoms. The minimum Gasteiger partial charge on any atom is -0.743 e. The van der Waals surface area contributed by atoms with Crippen LogP contribution in [0.2, 0.25) is 0 Å². The third-order valence-corrected chi connectivity index (χ3v) is 8.26.